The first kappa shape index (κ1) is 27.6. The lowest BCUT2D eigenvalue weighted by atomic mass is 9.92. The van der Waals surface area contributed by atoms with E-state index in [2.05, 4.69) is 97.1 Å². The van der Waals surface area contributed by atoms with Gasteiger partial charge in [-0.05, 0) is 59.8 Å². The fourth-order valence-electron chi connectivity index (χ4n) is 4.34. The first-order valence-electron chi connectivity index (χ1n) is 12.7. The van der Waals surface area contributed by atoms with E-state index >= 15 is 0 Å². The van der Waals surface area contributed by atoms with Crippen LogP contribution in [-0.2, 0) is 4.79 Å². The predicted octanol–water partition coefficient (Wildman–Crippen LogP) is 9.25. The van der Waals surface area contributed by atoms with Crippen molar-refractivity contribution >= 4 is 22.9 Å². The molecule has 0 unspecified atom stereocenters. The van der Waals surface area contributed by atoms with Crippen LogP contribution in [0.5, 0.6) is 0 Å². The molecule has 3 heteroatoms. The van der Waals surface area contributed by atoms with Crippen LogP contribution in [0, 0.1) is 0 Å². The number of anilines is 1. The minimum atomic E-state index is 0.0625. The van der Waals surface area contributed by atoms with E-state index in [-0.39, 0.29) is 5.78 Å². The van der Waals surface area contributed by atoms with Gasteiger partial charge in [0.15, 0.2) is 5.78 Å². The summed E-state index contributed by atoms with van der Waals surface area (Å²) in [7, 11) is 0. The monoisotopic (exact) mass is 460 g/mol. The highest BCUT2D eigenvalue weighted by atomic mass is 16.1. The maximum absolute atomic E-state index is 12.9. The standard InChI is InChI=1S/C31H44N2O/c1-19(2)26-13-11-14-27(20(3)4)30(26)32-23(9)17-25(34)18-24(10)33-31-28(21(5)6)15-12-16-29(31)22(7)8/h11-17,19-22,32H,18H2,1-10H3. The lowest BCUT2D eigenvalue weighted by Gasteiger charge is -2.21. The number of aliphatic imine (C=N–C) groups is 1. The van der Waals surface area contributed by atoms with Gasteiger partial charge in [0, 0.05) is 29.6 Å². The minimum absolute atomic E-state index is 0.0625. The highest BCUT2D eigenvalue weighted by molar-refractivity contribution is 6.07. The molecule has 1 N–H and O–H groups in total. The highest BCUT2D eigenvalue weighted by Gasteiger charge is 2.16. The summed E-state index contributed by atoms with van der Waals surface area (Å²) in [5.74, 6) is 1.62. The minimum Gasteiger partial charge on any atom is -0.359 e. The van der Waals surface area contributed by atoms with E-state index in [1.165, 1.54) is 22.3 Å². The SMILES string of the molecule is CC(=CC(=O)CC(C)=Nc1c(C(C)C)cccc1C(C)C)Nc1c(C(C)C)cccc1C(C)C. The number of para-hydroxylation sites is 2. The molecule has 2 aromatic carbocycles. The molecule has 0 atom stereocenters. The van der Waals surface area contributed by atoms with Gasteiger partial charge in [-0.3, -0.25) is 9.79 Å². The smallest absolute Gasteiger partial charge is 0.162 e. The van der Waals surface area contributed by atoms with E-state index in [1.807, 2.05) is 13.8 Å². The van der Waals surface area contributed by atoms with Gasteiger partial charge < -0.3 is 5.32 Å². The molecule has 2 aromatic rings. The molecule has 0 fully saturated rings. The Labute approximate surface area is 207 Å². The maximum Gasteiger partial charge on any atom is 0.162 e. The van der Waals surface area contributed by atoms with Gasteiger partial charge in [-0.25, -0.2) is 0 Å². The molecule has 0 aromatic heterocycles. The van der Waals surface area contributed by atoms with Crippen molar-refractivity contribution in [2.75, 3.05) is 5.32 Å². The fourth-order valence-corrected chi connectivity index (χ4v) is 4.34. The van der Waals surface area contributed by atoms with Crippen molar-refractivity contribution in [3.63, 3.8) is 0 Å². The van der Waals surface area contributed by atoms with Gasteiger partial charge in [-0.2, -0.15) is 0 Å². The number of nitrogens with one attached hydrogen (secondary N) is 1. The van der Waals surface area contributed by atoms with Crippen LogP contribution in [-0.4, -0.2) is 11.5 Å². The zero-order valence-corrected chi connectivity index (χ0v) is 22.9. The van der Waals surface area contributed by atoms with Crippen molar-refractivity contribution in [1.82, 2.24) is 0 Å². The van der Waals surface area contributed by atoms with Crippen LogP contribution in [0.4, 0.5) is 11.4 Å². The lowest BCUT2D eigenvalue weighted by molar-refractivity contribution is -0.113. The summed E-state index contributed by atoms with van der Waals surface area (Å²) in [5, 5.41) is 3.54. The van der Waals surface area contributed by atoms with Crippen molar-refractivity contribution in [3.05, 3.63) is 70.4 Å². The fraction of sp³-hybridized carbons (Fsp3) is 0.484. The van der Waals surface area contributed by atoms with Crippen molar-refractivity contribution in [2.45, 2.75) is 99.3 Å². The second kappa shape index (κ2) is 12.1. The van der Waals surface area contributed by atoms with E-state index in [1.54, 1.807) is 6.08 Å². The highest BCUT2D eigenvalue weighted by Crippen LogP contribution is 2.35. The van der Waals surface area contributed by atoms with Gasteiger partial charge in [0.1, 0.15) is 0 Å². The number of hydrogen-bond acceptors (Lipinski definition) is 3. The molecule has 0 saturated heterocycles. The molecular weight excluding hydrogens is 416 g/mol. The summed E-state index contributed by atoms with van der Waals surface area (Å²) in [5.41, 5.74) is 8.88. The second-order valence-electron chi connectivity index (χ2n) is 10.7. The number of nitrogens with zero attached hydrogens (tertiary/aromatic N) is 1. The number of allylic oxidation sites excluding steroid dienone is 2. The zero-order chi connectivity index (χ0) is 25.6. The number of carbonyl (C=O) groups excluding carboxylic acids is 1. The number of carbonyl (C=O) groups is 1. The van der Waals surface area contributed by atoms with Crippen molar-refractivity contribution < 1.29 is 4.79 Å². The Hall–Kier alpha value is -2.68. The molecule has 0 aliphatic rings. The Morgan fingerprint density at radius 1 is 0.765 bits per heavy atom. The van der Waals surface area contributed by atoms with Crippen molar-refractivity contribution in [1.29, 1.82) is 0 Å². The lowest BCUT2D eigenvalue weighted by Crippen LogP contribution is -2.09. The topological polar surface area (TPSA) is 41.5 Å². The summed E-state index contributed by atoms with van der Waals surface area (Å²) in [6, 6.07) is 12.9. The van der Waals surface area contributed by atoms with E-state index in [0.29, 0.717) is 30.1 Å². The molecule has 184 valence electrons. The quantitative estimate of drug-likeness (QED) is 0.283. The third kappa shape index (κ3) is 7.16. The van der Waals surface area contributed by atoms with E-state index < -0.39 is 0 Å². The van der Waals surface area contributed by atoms with Crippen molar-refractivity contribution in [2.24, 2.45) is 4.99 Å². The molecule has 0 bridgehead atoms. The normalized spacial score (nSPS) is 12.9. The predicted molar refractivity (Wildman–Crippen MR) is 149 cm³/mol. The molecule has 0 saturated carbocycles. The van der Waals surface area contributed by atoms with Gasteiger partial charge in [-0.1, -0.05) is 91.8 Å². The molecule has 0 aliphatic carbocycles. The van der Waals surface area contributed by atoms with Gasteiger partial charge in [0.05, 0.1) is 5.69 Å². The number of benzene rings is 2. The summed E-state index contributed by atoms with van der Waals surface area (Å²) in [6.45, 7) is 21.5. The average Bonchev–Trinajstić information content (AvgIpc) is 2.72. The third-order valence-electron chi connectivity index (χ3n) is 6.15. The summed E-state index contributed by atoms with van der Waals surface area (Å²) in [4.78, 5) is 17.9. The summed E-state index contributed by atoms with van der Waals surface area (Å²) < 4.78 is 0. The first-order chi connectivity index (χ1) is 15.9. The molecule has 2 rings (SSSR count). The Kier molecular flexibility index (Phi) is 9.85. The number of hydrogen-bond donors (Lipinski definition) is 1. The second-order valence-corrected chi connectivity index (χ2v) is 10.7. The molecule has 3 nitrogen and oxygen atoms in total. The van der Waals surface area contributed by atoms with Gasteiger partial charge in [0.2, 0.25) is 0 Å². The number of rotatable bonds is 10. The molecule has 0 radical (unpaired) electrons. The first-order valence-corrected chi connectivity index (χ1v) is 12.7. The molecule has 0 aliphatic heterocycles. The van der Waals surface area contributed by atoms with Gasteiger partial charge in [0.25, 0.3) is 0 Å². The Bertz CT molecular complexity index is 1000. The Balaban J connectivity index is 2.29. The molecule has 34 heavy (non-hydrogen) atoms. The van der Waals surface area contributed by atoms with Crippen LogP contribution in [0.25, 0.3) is 0 Å². The van der Waals surface area contributed by atoms with Crippen LogP contribution in [0.15, 0.2) is 53.2 Å². The maximum atomic E-state index is 12.9. The van der Waals surface area contributed by atoms with Crippen LogP contribution in [0.1, 0.15) is 122 Å². The zero-order valence-electron chi connectivity index (χ0n) is 22.9. The summed E-state index contributed by atoms with van der Waals surface area (Å²) >= 11 is 0. The van der Waals surface area contributed by atoms with Crippen LogP contribution < -0.4 is 5.32 Å². The van der Waals surface area contributed by atoms with E-state index in [4.69, 9.17) is 4.99 Å². The molecule has 0 heterocycles. The van der Waals surface area contributed by atoms with Crippen LogP contribution >= 0.6 is 0 Å². The Morgan fingerprint density at radius 2 is 1.18 bits per heavy atom. The molecule has 0 spiro atoms. The number of ketones is 1. The van der Waals surface area contributed by atoms with E-state index in [9.17, 15) is 4.79 Å². The van der Waals surface area contributed by atoms with Crippen LogP contribution in [0.2, 0.25) is 0 Å². The largest absolute Gasteiger partial charge is 0.359 e. The van der Waals surface area contributed by atoms with E-state index in [0.717, 1.165) is 22.8 Å². The molecular formula is C31H44N2O. The molecule has 0 amide bonds. The summed E-state index contributed by atoms with van der Waals surface area (Å²) in [6.07, 6.45) is 2.03. The van der Waals surface area contributed by atoms with Gasteiger partial charge >= 0.3 is 0 Å². The average molecular weight is 461 g/mol. The van der Waals surface area contributed by atoms with Crippen molar-refractivity contribution in [3.8, 4) is 0 Å². The van der Waals surface area contributed by atoms with Gasteiger partial charge in [-0.15, -0.1) is 0 Å². The third-order valence-corrected chi connectivity index (χ3v) is 6.15. The Morgan fingerprint density at radius 3 is 1.59 bits per heavy atom. The van der Waals surface area contributed by atoms with Crippen LogP contribution in [0.3, 0.4) is 0 Å².